The number of aryl methyl sites for hydroxylation is 1. The van der Waals surface area contributed by atoms with Crippen LogP contribution >= 0.6 is 0 Å². The van der Waals surface area contributed by atoms with Crippen molar-refractivity contribution < 1.29 is 9.53 Å². The molecule has 2 aromatic heterocycles. The summed E-state index contributed by atoms with van der Waals surface area (Å²) in [6.45, 7) is 4.10. The Labute approximate surface area is 158 Å². The number of ketones is 1. The highest BCUT2D eigenvalue weighted by molar-refractivity contribution is 5.94. The molecule has 140 valence electrons. The Hall–Kier alpha value is -2.86. The van der Waals surface area contributed by atoms with E-state index in [0.29, 0.717) is 0 Å². The number of fused-ring (bicyclic) bond motifs is 1. The number of Topliss-reactive ketones (excluding diaryl/α,β-unsaturated/α-hetero) is 1. The lowest BCUT2D eigenvalue weighted by Crippen LogP contribution is -2.34. The van der Waals surface area contributed by atoms with Gasteiger partial charge in [-0.2, -0.15) is 0 Å². The number of rotatable bonds is 5. The van der Waals surface area contributed by atoms with E-state index in [0.717, 1.165) is 48.0 Å². The molecule has 27 heavy (non-hydrogen) atoms. The maximum Gasteiger partial charge on any atom is 0.161 e. The van der Waals surface area contributed by atoms with E-state index in [2.05, 4.69) is 27.0 Å². The van der Waals surface area contributed by atoms with E-state index < -0.39 is 0 Å². The van der Waals surface area contributed by atoms with Gasteiger partial charge in [0.1, 0.15) is 5.75 Å². The predicted octanol–water partition coefficient (Wildman–Crippen LogP) is 3.11. The largest absolute Gasteiger partial charge is 0.497 e. The van der Waals surface area contributed by atoms with Gasteiger partial charge in [0.15, 0.2) is 5.78 Å². The van der Waals surface area contributed by atoms with Crippen LogP contribution < -0.4 is 4.74 Å². The van der Waals surface area contributed by atoms with Crippen LogP contribution in [0.2, 0.25) is 0 Å². The third-order valence-corrected chi connectivity index (χ3v) is 5.32. The molecule has 6 heteroatoms. The van der Waals surface area contributed by atoms with E-state index in [1.54, 1.807) is 20.4 Å². The number of nitrogens with zero attached hydrogens (tertiary/aromatic N) is 3. The normalized spacial score (nSPS) is 16.9. The number of imidazole rings is 1. The van der Waals surface area contributed by atoms with Crippen molar-refractivity contribution >= 4 is 5.78 Å². The number of hydrogen-bond acceptors (Lipinski definition) is 4. The predicted molar refractivity (Wildman–Crippen MR) is 103 cm³/mol. The number of aromatic nitrogens is 3. The standard InChI is InChI=1S/C21H24N4O2/c1-14(26)16-8-17(24(2)9-16)10-25-11-19(21-20(12-25)22-13-23-21)15-4-6-18(27-3)7-5-15/h4-9,13,19H,10-12H2,1-3H3,(H,22,23). The summed E-state index contributed by atoms with van der Waals surface area (Å²) < 4.78 is 7.33. The molecule has 1 aromatic carbocycles. The topological polar surface area (TPSA) is 63.1 Å². The number of aromatic amines is 1. The molecular weight excluding hydrogens is 340 g/mol. The summed E-state index contributed by atoms with van der Waals surface area (Å²) in [6.07, 6.45) is 3.69. The molecule has 0 fully saturated rings. The van der Waals surface area contributed by atoms with Gasteiger partial charge in [0.2, 0.25) is 0 Å². The number of hydrogen-bond donors (Lipinski definition) is 1. The van der Waals surface area contributed by atoms with Crippen LogP contribution in [0.5, 0.6) is 5.75 Å². The van der Waals surface area contributed by atoms with Gasteiger partial charge in [-0.05, 0) is 30.7 Å². The lowest BCUT2D eigenvalue weighted by Gasteiger charge is -2.32. The molecular formula is C21H24N4O2. The fourth-order valence-electron chi connectivity index (χ4n) is 3.80. The maximum atomic E-state index is 11.7. The molecule has 1 N–H and O–H groups in total. The number of ether oxygens (including phenoxy) is 1. The third kappa shape index (κ3) is 3.40. The summed E-state index contributed by atoms with van der Waals surface area (Å²) in [7, 11) is 3.67. The smallest absolute Gasteiger partial charge is 0.161 e. The summed E-state index contributed by atoms with van der Waals surface area (Å²) in [5.41, 5.74) is 5.40. The SMILES string of the molecule is COc1ccc(C2CN(Cc3cc(C(C)=O)cn3C)Cc3[nH]cnc32)cc1. The molecule has 1 aliphatic heterocycles. The van der Waals surface area contributed by atoms with Gasteiger partial charge >= 0.3 is 0 Å². The number of H-pyrrole nitrogens is 1. The zero-order chi connectivity index (χ0) is 19.0. The highest BCUT2D eigenvalue weighted by Crippen LogP contribution is 2.33. The first-order valence-corrected chi connectivity index (χ1v) is 9.09. The van der Waals surface area contributed by atoms with Crippen LogP contribution in [0.3, 0.4) is 0 Å². The Morgan fingerprint density at radius 3 is 2.78 bits per heavy atom. The Kier molecular flexibility index (Phi) is 4.58. The lowest BCUT2D eigenvalue weighted by molar-refractivity contribution is 0.101. The van der Waals surface area contributed by atoms with Crippen LogP contribution in [0.25, 0.3) is 0 Å². The van der Waals surface area contributed by atoms with E-state index in [-0.39, 0.29) is 11.7 Å². The van der Waals surface area contributed by atoms with Gasteiger partial charge in [-0.3, -0.25) is 9.69 Å². The maximum absolute atomic E-state index is 11.7. The fraction of sp³-hybridized carbons (Fsp3) is 0.333. The molecule has 3 heterocycles. The van der Waals surface area contributed by atoms with Crippen LogP contribution in [0.4, 0.5) is 0 Å². The molecule has 0 bridgehead atoms. The first-order chi connectivity index (χ1) is 13.0. The Balaban J connectivity index is 1.60. The first-order valence-electron chi connectivity index (χ1n) is 9.09. The quantitative estimate of drug-likeness (QED) is 0.707. The highest BCUT2D eigenvalue weighted by atomic mass is 16.5. The van der Waals surface area contributed by atoms with Gasteiger partial charge in [0.25, 0.3) is 0 Å². The summed E-state index contributed by atoms with van der Waals surface area (Å²) in [6, 6.07) is 10.2. The van der Waals surface area contributed by atoms with Gasteiger partial charge in [0, 0.05) is 50.1 Å². The Morgan fingerprint density at radius 1 is 1.33 bits per heavy atom. The molecule has 1 atom stereocenters. The van der Waals surface area contributed by atoms with Gasteiger partial charge in [0.05, 0.1) is 24.8 Å². The average molecular weight is 364 g/mol. The molecule has 0 saturated carbocycles. The second-order valence-electron chi connectivity index (χ2n) is 7.15. The number of methoxy groups -OCH3 is 1. The zero-order valence-electron chi connectivity index (χ0n) is 15.9. The number of carbonyl (C=O) groups is 1. The molecule has 0 spiro atoms. The average Bonchev–Trinajstić information content (AvgIpc) is 3.28. The van der Waals surface area contributed by atoms with E-state index >= 15 is 0 Å². The second kappa shape index (κ2) is 7.04. The van der Waals surface area contributed by atoms with Crippen LogP contribution in [-0.2, 0) is 20.1 Å². The Morgan fingerprint density at radius 2 is 2.11 bits per heavy atom. The molecule has 6 nitrogen and oxygen atoms in total. The van der Waals surface area contributed by atoms with Crippen LogP contribution in [0.1, 0.15) is 45.8 Å². The number of nitrogens with one attached hydrogen (secondary N) is 1. The zero-order valence-corrected chi connectivity index (χ0v) is 15.9. The summed E-state index contributed by atoms with van der Waals surface area (Å²) >= 11 is 0. The van der Waals surface area contributed by atoms with Gasteiger partial charge < -0.3 is 14.3 Å². The van der Waals surface area contributed by atoms with Crippen molar-refractivity contribution in [3.8, 4) is 5.75 Å². The van der Waals surface area contributed by atoms with Crippen molar-refractivity contribution in [1.82, 2.24) is 19.4 Å². The Bertz CT molecular complexity index is 955. The van der Waals surface area contributed by atoms with E-state index in [1.165, 1.54) is 5.56 Å². The van der Waals surface area contributed by atoms with Crippen molar-refractivity contribution in [3.63, 3.8) is 0 Å². The van der Waals surface area contributed by atoms with Crippen molar-refractivity contribution in [2.45, 2.75) is 25.9 Å². The van der Waals surface area contributed by atoms with Crippen molar-refractivity contribution in [3.05, 3.63) is 71.1 Å². The number of carbonyl (C=O) groups excluding carboxylic acids is 1. The molecule has 3 aromatic rings. The molecule has 0 saturated heterocycles. The molecule has 0 amide bonds. The van der Waals surface area contributed by atoms with Crippen LogP contribution in [-0.4, -0.2) is 38.9 Å². The summed E-state index contributed by atoms with van der Waals surface area (Å²) in [4.78, 5) is 21.9. The van der Waals surface area contributed by atoms with Crippen LogP contribution in [0.15, 0.2) is 42.9 Å². The minimum atomic E-state index is 0.0995. The van der Waals surface area contributed by atoms with Crippen molar-refractivity contribution in [2.75, 3.05) is 13.7 Å². The minimum Gasteiger partial charge on any atom is -0.497 e. The van der Waals surface area contributed by atoms with E-state index in [4.69, 9.17) is 4.74 Å². The lowest BCUT2D eigenvalue weighted by atomic mass is 9.91. The third-order valence-electron chi connectivity index (χ3n) is 5.32. The first kappa shape index (κ1) is 17.5. The molecule has 0 aliphatic carbocycles. The van der Waals surface area contributed by atoms with E-state index in [9.17, 15) is 4.79 Å². The van der Waals surface area contributed by atoms with Crippen molar-refractivity contribution in [1.29, 1.82) is 0 Å². The van der Waals surface area contributed by atoms with Gasteiger partial charge in [-0.25, -0.2) is 4.98 Å². The van der Waals surface area contributed by atoms with Crippen molar-refractivity contribution in [2.24, 2.45) is 7.05 Å². The molecule has 1 unspecified atom stereocenters. The molecule has 1 aliphatic rings. The summed E-state index contributed by atoms with van der Waals surface area (Å²) in [5.74, 6) is 1.16. The van der Waals surface area contributed by atoms with E-state index in [1.807, 2.05) is 36.0 Å². The van der Waals surface area contributed by atoms with Gasteiger partial charge in [-0.15, -0.1) is 0 Å². The summed E-state index contributed by atoms with van der Waals surface area (Å²) in [5, 5.41) is 0. The molecule has 0 radical (unpaired) electrons. The monoisotopic (exact) mass is 364 g/mol. The van der Waals surface area contributed by atoms with Gasteiger partial charge in [-0.1, -0.05) is 12.1 Å². The minimum absolute atomic E-state index is 0.0995. The highest BCUT2D eigenvalue weighted by Gasteiger charge is 2.29. The second-order valence-corrected chi connectivity index (χ2v) is 7.15. The number of benzene rings is 1. The van der Waals surface area contributed by atoms with Crippen LogP contribution in [0, 0.1) is 0 Å². The fourth-order valence-corrected chi connectivity index (χ4v) is 3.80. The molecule has 4 rings (SSSR count).